The monoisotopic (exact) mass is 684 g/mol. The Bertz CT molecular complexity index is 1980. The van der Waals surface area contributed by atoms with Gasteiger partial charge in [0.2, 0.25) is 0 Å². The lowest BCUT2D eigenvalue weighted by Crippen LogP contribution is -2.28. The third-order valence-corrected chi connectivity index (χ3v) is 9.95. The Labute approximate surface area is 285 Å². The van der Waals surface area contributed by atoms with Crippen molar-refractivity contribution in [2.24, 2.45) is 5.10 Å². The quantitative estimate of drug-likeness (QED) is 0.158. The average Bonchev–Trinajstić information content (AvgIpc) is 3.88. The van der Waals surface area contributed by atoms with E-state index < -0.39 is 0 Å². The number of carbonyl (C=O) groups excluding carboxylic acids is 2. The van der Waals surface area contributed by atoms with Gasteiger partial charge in [0.05, 0.1) is 48.8 Å². The minimum atomic E-state index is -0.366. The minimum absolute atomic E-state index is 0.0277. The molecule has 246 valence electrons. The van der Waals surface area contributed by atoms with E-state index in [9.17, 15) is 14.0 Å². The van der Waals surface area contributed by atoms with Crippen molar-refractivity contribution in [1.29, 1.82) is 0 Å². The topological polar surface area (TPSA) is 111 Å². The van der Waals surface area contributed by atoms with E-state index in [0.717, 1.165) is 33.0 Å². The second-order valence-corrected chi connectivity index (χ2v) is 12.9. The molecular weight excluding hydrogens is 652 g/mol. The minimum Gasteiger partial charge on any atom is -0.493 e. The number of hydrazone groups is 1. The largest absolute Gasteiger partial charge is 0.493 e. The number of rotatable bonds is 11. The number of hydrogen-bond donors (Lipinski definition) is 1. The number of hydrogen-bond acceptors (Lipinski definition) is 9. The lowest BCUT2D eigenvalue weighted by molar-refractivity contribution is -0.130. The average molecular weight is 685 g/mol. The van der Waals surface area contributed by atoms with Crippen LogP contribution in [0.5, 0.6) is 11.5 Å². The van der Waals surface area contributed by atoms with Crippen LogP contribution in [0.3, 0.4) is 0 Å². The van der Waals surface area contributed by atoms with E-state index in [2.05, 4.69) is 15.5 Å². The highest BCUT2D eigenvalue weighted by Crippen LogP contribution is 2.35. The number of halogens is 1. The van der Waals surface area contributed by atoms with Crippen LogP contribution >= 0.6 is 23.1 Å². The highest BCUT2D eigenvalue weighted by molar-refractivity contribution is 7.99. The first-order valence-electron chi connectivity index (χ1n) is 15.1. The van der Waals surface area contributed by atoms with E-state index in [-0.39, 0.29) is 36.0 Å². The van der Waals surface area contributed by atoms with Gasteiger partial charge in [0.15, 0.2) is 22.5 Å². The van der Waals surface area contributed by atoms with Crippen molar-refractivity contribution in [2.45, 2.75) is 38.0 Å². The molecule has 0 spiro atoms. The molecule has 3 heterocycles. The molecule has 0 saturated heterocycles. The molecule has 2 amide bonds. The number of amides is 2. The van der Waals surface area contributed by atoms with Crippen molar-refractivity contribution in [3.05, 3.63) is 117 Å². The van der Waals surface area contributed by atoms with Crippen LogP contribution in [0.1, 0.15) is 50.2 Å². The molecular formula is C35H33FN6O4S2. The molecule has 1 aliphatic heterocycles. The Kier molecular flexibility index (Phi) is 9.88. The van der Waals surface area contributed by atoms with Gasteiger partial charge in [0.25, 0.3) is 11.8 Å². The number of ether oxygens (including phenoxy) is 2. The van der Waals surface area contributed by atoms with E-state index in [1.54, 1.807) is 41.7 Å². The van der Waals surface area contributed by atoms with E-state index in [1.165, 1.54) is 43.1 Å². The van der Waals surface area contributed by atoms with Gasteiger partial charge < -0.3 is 14.8 Å². The fraction of sp³-hybridized carbons (Fsp3) is 0.229. The summed E-state index contributed by atoms with van der Waals surface area (Å²) in [5.74, 6) is 0.600. The van der Waals surface area contributed by atoms with Gasteiger partial charge in [-0.3, -0.25) is 14.2 Å². The predicted octanol–water partition coefficient (Wildman–Crippen LogP) is 6.50. The number of aromatic nitrogens is 3. The Morgan fingerprint density at radius 3 is 2.52 bits per heavy atom. The fourth-order valence-corrected chi connectivity index (χ4v) is 6.97. The van der Waals surface area contributed by atoms with Gasteiger partial charge in [-0.1, -0.05) is 42.1 Å². The predicted molar refractivity (Wildman–Crippen MR) is 184 cm³/mol. The van der Waals surface area contributed by atoms with Crippen molar-refractivity contribution in [3.63, 3.8) is 0 Å². The van der Waals surface area contributed by atoms with E-state index in [4.69, 9.17) is 14.6 Å². The van der Waals surface area contributed by atoms with Crippen molar-refractivity contribution in [1.82, 2.24) is 25.1 Å². The standard InChI is InChI=1S/C35H33FN6O4S2/c1-21-7-5-8-27(22(21)2)41-32(19-37-34(44)24-12-15-29(45-3)30(17-24)46-4)38-39-35(41)48-20-33(43)42-28(23-10-13-25(36)14-11-23)18-26(40-42)31-9-6-16-47-31/h5-17,28H,18-20H2,1-4H3,(H,37,44)/t28-/m1/s1. The smallest absolute Gasteiger partial charge is 0.253 e. The molecule has 13 heteroatoms. The summed E-state index contributed by atoms with van der Waals surface area (Å²) in [5.41, 5.74) is 4.94. The number of thioether (sulfide) groups is 1. The molecule has 2 aromatic heterocycles. The highest BCUT2D eigenvalue weighted by Gasteiger charge is 2.34. The number of methoxy groups -OCH3 is 2. The number of thiophene rings is 1. The molecule has 48 heavy (non-hydrogen) atoms. The van der Waals surface area contributed by atoms with Crippen molar-refractivity contribution in [3.8, 4) is 17.2 Å². The molecule has 1 atom stereocenters. The van der Waals surface area contributed by atoms with Crippen LogP contribution < -0.4 is 14.8 Å². The first-order chi connectivity index (χ1) is 23.3. The summed E-state index contributed by atoms with van der Waals surface area (Å²) < 4.78 is 26.3. The van der Waals surface area contributed by atoms with Crippen molar-refractivity contribution in [2.75, 3.05) is 20.0 Å². The molecule has 0 unspecified atom stereocenters. The van der Waals surface area contributed by atoms with Gasteiger partial charge in [0, 0.05) is 12.0 Å². The number of carbonyl (C=O) groups is 2. The normalized spacial score (nSPS) is 14.1. The Balaban J connectivity index is 1.25. The lowest BCUT2D eigenvalue weighted by Gasteiger charge is -2.22. The van der Waals surface area contributed by atoms with Crippen molar-refractivity contribution < 1.29 is 23.5 Å². The van der Waals surface area contributed by atoms with Crippen LogP contribution in [0.15, 0.2) is 88.4 Å². The van der Waals surface area contributed by atoms with Gasteiger partial charge in [-0.2, -0.15) is 5.10 Å². The third-order valence-electron chi connectivity index (χ3n) is 8.12. The zero-order valence-electron chi connectivity index (χ0n) is 26.8. The fourth-order valence-electron chi connectivity index (χ4n) is 5.44. The van der Waals surface area contributed by atoms with Crippen molar-refractivity contribution >= 4 is 40.6 Å². The number of nitrogens with zero attached hydrogens (tertiary/aromatic N) is 5. The summed E-state index contributed by atoms with van der Waals surface area (Å²) in [6.45, 7) is 4.11. The maximum atomic E-state index is 13.8. The van der Waals surface area contributed by atoms with E-state index in [1.807, 2.05) is 54.1 Å². The molecule has 5 aromatic rings. The SMILES string of the molecule is COc1ccc(C(=O)NCc2nnc(SCC(=O)N3N=C(c4cccs4)C[C@@H]3c3ccc(F)cc3)n2-c2cccc(C)c2C)cc1OC. The second-order valence-electron chi connectivity index (χ2n) is 11.0. The summed E-state index contributed by atoms with van der Waals surface area (Å²) in [6.07, 6.45) is 0.519. The van der Waals surface area contributed by atoms with Crippen LogP contribution in [-0.4, -0.2) is 57.3 Å². The first-order valence-corrected chi connectivity index (χ1v) is 17.0. The zero-order chi connectivity index (χ0) is 33.8. The Hall–Kier alpha value is -5.01. The number of nitrogens with one attached hydrogen (secondary N) is 1. The summed E-state index contributed by atoms with van der Waals surface area (Å²) >= 11 is 2.80. The summed E-state index contributed by atoms with van der Waals surface area (Å²) in [4.78, 5) is 28.0. The summed E-state index contributed by atoms with van der Waals surface area (Å²) in [6, 6.07) is 20.6. The van der Waals surface area contributed by atoms with Crippen LogP contribution in [0.25, 0.3) is 5.69 Å². The third kappa shape index (κ3) is 6.83. The molecule has 10 nitrogen and oxygen atoms in total. The zero-order valence-corrected chi connectivity index (χ0v) is 28.4. The van der Waals surface area contributed by atoms with Crippen LogP contribution in [-0.2, 0) is 11.3 Å². The molecule has 6 rings (SSSR count). The maximum Gasteiger partial charge on any atom is 0.253 e. The molecule has 0 radical (unpaired) electrons. The Morgan fingerprint density at radius 2 is 1.79 bits per heavy atom. The summed E-state index contributed by atoms with van der Waals surface area (Å²) in [5, 5.41) is 20.5. The molecule has 0 aliphatic carbocycles. The molecule has 0 fully saturated rings. The molecule has 3 aromatic carbocycles. The van der Waals surface area contributed by atoms with Gasteiger partial charge in [-0.05, 0) is 78.4 Å². The molecule has 1 N–H and O–H groups in total. The maximum absolute atomic E-state index is 13.8. The van der Waals surface area contributed by atoms with Crippen LogP contribution in [0, 0.1) is 19.7 Å². The van der Waals surface area contributed by atoms with Crippen LogP contribution in [0.2, 0.25) is 0 Å². The highest BCUT2D eigenvalue weighted by atomic mass is 32.2. The first kappa shape index (κ1) is 32.9. The Morgan fingerprint density at radius 1 is 1.00 bits per heavy atom. The van der Waals surface area contributed by atoms with E-state index >= 15 is 0 Å². The van der Waals surface area contributed by atoms with E-state index in [0.29, 0.717) is 34.5 Å². The number of benzene rings is 3. The van der Waals surface area contributed by atoms with Gasteiger partial charge in [-0.15, -0.1) is 21.5 Å². The molecule has 0 saturated carbocycles. The number of aryl methyl sites for hydroxylation is 1. The second kappa shape index (κ2) is 14.4. The summed E-state index contributed by atoms with van der Waals surface area (Å²) in [7, 11) is 3.04. The van der Waals surface area contributed by atoms with Gasteiger partial charge in [0.1, 0.15) is 5.82 Å². The van der Waals surface area contributed by atoms with Gasteiger partial charge >= 0.3 is 0 Å². The van der Waals surface area contributed by atoms with Gasteiger partial charge in [-0.25, -0.2) is 9.40 Å². The lowest BCUT2D eigenvalue weighted by atomic mass is 10.0. The molecule has 0 bridgehead atoms. The van der Waals surface area contributed by atoms with Crippen LogP contribution in [0.4, 0.5) is 4.39 Å². The molecule has 1 aliphatic rings.